The van der Waals surface area contributed by atoms with Gasteiger partial charge in [-0.15, -0.1) is 0 Å². The lowest BCUT2D eigenvalue weighted by Crippen LogP contribution is -2.57. The summed E-state index contributed by atoms with van der Waals surface area (Å²) in [7, 11) is 0. The first-order chi connectivity index (χ1) is 12.8. The average Bonchev–Trinajstić information content (AvgIpc) is 3.14. The van der Waals surface area contributed by atoms with E-state index in [1.807, 2.05) is 18.2 Å². The van der Waals surface area contributed by atoms with E-state index >= 15 is 0 Å². The Morgan fingerprint density at radius 2 is 1.92 bits per heavy atom. The van der Waals surface area contributed by atoms with Gasteiger partial charge in [-0.2, -0.15) is 4.98 Å². The van der Waals surface area contributed by atoms with Crippen LogP contribution in [0.2, 0.25) is 0 Å². The zero-order valence-corrected chi connectivity index (χ0v) is 15.1. The van der Waals surface area contributed by atoms with Crippen LogP contribution in [-0.4, -0.2) is 54.6 Å². The molecule has 6 rings (SSSR count). The topological polar surface area (TPSA) is 61.6 Å². The van der Waals surface area contributed by atoms with Gasteiger partial charge >= 0.3 is 0 Å². The summed E-state index contributed by atoms with van der Waals surface area (Å²) in [5, 5.41) is 3.27. The number of benzene rings is 1. The molecule has 6 nitrogen and oxygen atoms in total. The van der Waals surface area contributed by atoms with Gasteiger partial charge in [-0.05, 0) is 63.2 Å². The van der Waals surface area contributed by atoms with Crippen LogP contribution in [0.4, 0.5) is 6.01 Å². The van der Waals surface area contributed by atoms with E-state index in [1.54, 1.807) is 0 Å². The van der Waals surface area contributed by atoms with Gasteiger partial charge in [-0.25, -0.2) is 0 Å². The van der Waals surface area contributed by atoms with E-state index in [2.05, 4.69) is 20.1 Å². The molecule has 0 saturated carbocycles. The fourth-order valence-electron chi connectivity index (χ4n) is 4.72. The minimum Gasteiger partial charge on any atom is -0.423 e. The number of hydrogen-bond donors (Lipinski definition) is 1. The molecule has 4 fully saturated rings. The van der Waals surface area contributed by atoms with Gasteiger partial charge in [-0.3, -0.25) is 4.79 Å². The zero-order valence-electron chi connectivity index (χ0n) is 15.1. The molecular formula is C20H26N4O2. The molecule has 1 aromatic heterocycles. The molecular weight excluding hydrogens is 328 g/mol. The lowest BCUT2D eigenvalue weighted by atomic mass is 9.84. The number of piperidine rings is 4. The van der Waals surface area contributed by atoms with Crippen molar-refractivity contribution in [1.82, 2.24) is 15.2 Å². The summed E-state index contributed by atoms with van der Waals surface area (Å²) in [4.78, 5) is 22.3. The van der Waals surface area contributed by atoms with E-state index in [9.17, 15) is 4.79 Å². The van der Waals surface area contributed by atoms with E-state index in [1.165, 1.54) is 45.2 Å². The summed E-state index contributed by atoms with van der Waals surface area (Å²) < 4.78 is 5.96. The maximum atomic E-state index is 13.0. The molecule has 1 amide bonds. The molecule has 4 aliphatic heterocycles. The van der Waals surface area contributed by atoms with Gasteiger partial charge in [0, 0.05) is 25.7 Å². The number of aromatic nitrogens is 1. The Kier molecular flexibility index (Phi) is 4.08. The Hall–Kier alpha value is -2.08. The molecule has 1 aromatic carbocycles. The van der Waals surface area contributed by atoms with Gasteiger partial charge in [0.1, 0.15) is 5.52 Å². The van der Waals surface area contributed by atoms with Gasteiger partial charge in [0.25, 0.3) is 11.9 Å². The Morgan fingerprint density at radius 1 is 1.12 bits per heavy atom. The van der Waals surface area contributed by atoms with Crippen molar-refractivity contribution >= 4 is 23.0 Å². The average molecular weight is 354 g/mol. The number of nitrogens with one attached hydrogen (secondary N) is 1. The molecule has 1 unspecified atom stereocenters. The monoisotopic (exact) mass is 354 g/mol. The van der Waals surface area contributed by atoms with Crippen LogP contribution in [0, 0.1) is 5.92 Å². The van der Waals surface area contributed by atoms with Crippen molar-refractivity contribution in [2.24, 2.45) is 5.92 Å². The van der Waals surface area contributed by atoms with E-state index in [-0.39, 0.29) is 11.9 Å². The van der Waals surface area contributed by atoms with Gasteiger partial charge < -0.3 is 19.5 Å². The molecule has 2 bridgehead atoms. The highest BCUT2D eigenvalue weighted by molar-refractivity contribution is 6.04. The molecule has 1 N–H and O–H groups in total. The number of carbonyl (C=O) groups is 1. The SMILES string of the molecule is O=C(NC1CN2CCC1CC2)c1cccc2oc(N3CCCCC3)nc12. The summed E-state index contributed by atoms with van der Waals surface area (Å²) in [5.41, 5.74) is 2.02. The number of rotatable bonds is 3. The van der Waals surface area contributed by atoms with Crippen molar-refractivity contribution in [3.63, 3.8) is 0 Å². The van der Waals surface area contributed by atoms with Crippen LogP contribution in [0.25, 0.3) is 11.1 Å². The highest BCUT2D eigenvalue weighted by Gasteiger charge is 2.35. The smallest absolute Gasteiger partial charge is 0.298 e. The molecule has 2 aromatic rings. The number of carbonyl (C=O) groups excluding carboxylic acids is 1. The number of oxazole rings is 1. The van der Waals surface area contributed by atoms with Crippen molar-refractivity contribution in [3.8, 4) is 0 Å². The Morgan fingerprint density at radius 3 is 2.65 bits per heavy atom. The Labute approximate surface area is 153 Å². The minimum atomic E-state index is -0.0205. The van der Waals surface area contributed by atoms with Crippen molar-refractivity contribution in [2.75, 3.05) is 37.6 Å². The summed E-state index contributed by atoms with van der Waals surface area (Å²) in [6, 6.07) is 6.57. The molecule has 26 heavy (non-hydrogen) atoms. The molecule has 1 atom stereocenters. The molecule has 0 radical (unpaired) electrons. The second kappa shape index (κ2) is 6.58. The van der Waals surface area contributed by atoms with Crippen LogP contribution in [0.1, 0.15) is 42.5 Å². The standard InChI is InChI=1S/C20H26N4O2/c25-19(21-16-13-23-11-7-14(16)8-12-23)15-5-4-6-17-18(15)22-20(26-17)24-9-2-1-3-10-24/h4-6,14,16H,1-3,7-13H2,(H,21,25). The normalized spacial score (nSPS) is 28.5. The lowest BCUT2D eigenvalue weighted by molar-refractivity contribution is 0.0621. The highest BCUT2D eigenvalue weighted by Crippen LogP contribution is 2.29. The third-order valence-corrected chi connectivity index (χ3v) is 6.25. The van der Waals surface area contributed by atoms with Gasteiger partial charge in [0.2, 0.25) is 0 Å². The van der Waals surface area contributed by atoms with Crippen molar-refractivity contribution < 1.29 is 9.21 Å². The van der Waals surface area contributed by atoms with Crippen LogP contribution >= 0.6 is 0 Å². The molecule has 5 heterocycles. The van der Waals surface area contributed by atoms with Gasteiger partial charge in [0.05, 0.1) is 5.56 Å². The summed E-state index contributed by atoms with van der Waals surface area (Å²) in [6.07, 6.45) is 6.00. The van der Waals surface area contributed by atoms with Gasteiger partial charge in [0.15, 0.2) is 5.58 Å². The molecule has 0 spiro atoms. The van der Waals surface area contributed by atoms with E-state index in [0.29, 0.717) is 28.6 Å². The number of anilines is 1. The van der Waals surface area contributed by atoms with Crippen molar-refractivity contribution in [1.29, 1.82) is 0 Å². The predicted molar refractivity (Wildman–Crippen MR) is 100 cm³/mol. The van der Waals surface area contributed by atoms with Crippen LogP contribution in [0.15, 0.2) is 22.6 Å². The summed E-state index contributed by atoms with van der Waals surface area (Å²) >= 11 is 0. The molecule has 6 heteroatoms. The van der Waals surface area contributed by atoms with Crippen LogP contribution < -0.4 is 10.2 Å². The number of para-hydroxylation sites is 1. The summed E-state index contributed by atoms with van der Waals surface area (Å²) in [5.74, 6) is 0.595. The second-order valence-electron chi connectivity index (χ2n) is 7.91. The van der Waals surface area contributed by atoms with Gasteiger partial charge in [-0.1, -0.05) is 6.07 Å². The molecule has 4 saturated heterocycles. The first-order valence-corrected chi connectivity index (χ1v) is 9.96. The number of hydrogen-bond acceptors (Lipinski definition) is 5. The number of amides is 1. The minimum absolute atomic E-state index is 0.0205. The van der Waals surface area contributed by atoms with E-state index in [0.717, 1.165) is 19.6 Å². The third-order valence-electron chi connectivity index (χ3n) is 6.25. The molecule has 138 valence electrons. The fraction of sp³-hybridized carbons (Fsp3) is 0.600. The van der Waals surface area contributed by atoms with Crippen LogP contribution in [0.3, 0.4) is 0 Å². The lowest BCUT2D eigenvalue weighted by Gasteiger charge is -2.44. The Bertz CT molecular complexity index is 803. The largest absolute Gasteiger partial charge is 0.423 e. The second-order valence-corrected chi connectivity index (χ2v) is 7.91. The first-order valence-electron chi connectivity index (χ1n) is 9.96. The molecule has 0 aliphatic carbocycles. The maximum Gasteiger partial charge on any atom is 0.298 e. The number of fused-ring (bicyclic) bond motifs is 4. The Balaban J connectivity index is 1.39. The maximum absolute atomic E-state index is 13.0. The van der Waals surface area contributed by atoms with Crippen LogP contribution in [-0.2, 0) is 0 Å². The van der Waals surface area contributed by atoms with E-state index in [4.69, 9.17) is 4.42 Å². The first kappa shape index (κ1) is 16.1. The quantitative estimate of drug-likeness (QED) is 0.918. The summed E-state index contributed by atoms with van der Waals surface area (Å²) in [6.45, 7) is 5.29. The predicted octanol–water partition coefficient (Wildman–Crippen LogP) is 2.64. The van der Waals surface area contributed by atoms with Crippen LogP contribution in [0.5, 0.6) is 0 Å². The highest BCUT2D eigenvalue weighted by atomic mass is 16.4. The third kappa shape index (κ3) is 2.86. The fourth-order valence-corrected chi connectivity index (χ4v) is 4.72. The van der Waals surface area contributed by atoms with Crippen molar-refractivity contribution in [2.45, 2.75) is 38.1 Å². The zero-order chi connectivity index (χ0) is 17.5. The van der Waals surface area contributed by atoms with E-state index < -0.39 is 0 Å². The molecule has 4 aliphatic rings. The number of nitrogens with zero attached hydrogens (tertiary/aromatic N) is 3. The van der Waals surface area contributed by atoms with Crippen molar-refractivity contribution in [3.05, 3.63) is 23.8 Å².